The maximum absolute atomic E-state index is 13.5. The van der Waals surface area contributed by atoms with Crippen molar-refractivity contribution in [2.45, 2.75) is 32.2 Å². The SMILES string of the molecule is CC(C)c1c(N2CCC(n3nc(C#N)c4cccnc43)C2=O)cnn1-c1ccc(F)cc1. The largest absolute Gasteiger partial charge is 0.307 e. The van der Waals surface area contributed by atoms with Crippen molar-refractivity contribution in [1.82, 2.24) is 24.5 Å². The first-order chi connectivity index (χ1) is 15.5. The zero-order valence-electron chi connectivity index (χ0n) is 17.6. The van der Waals surface area contributed by atoms with Gasteiger partial charge in [-0.25, -0.2) is 18.7 Å². The Bertz CT molecular complexity index is 1360. The van der Waals surface area contributed by atoms with Crippen molar-refractivity contribution in [3.05, 3.63) is 66.0 Å². The molecule has 1 fully saturated rings. The lowest BCUT2D eigenvalue weighted by Gasteiger charge is -2.20. The van der Waals surface area contributed by atoms with E-state index in [-0.39, 0.29) is 23.3 Å². The van der Waals surface area contributed by atoms with Crippen molar-refractivity contribution >= 4 is 22.6 Å². The number of benzene rings is 1. The molecule has 0 spiro atoms. The Balaban J connectivity index is 1.54. The minimum absolute atomic E-state index is 0.0711. The molecule has 1 unspecified atom stereocenters. The molecule has 1 aliphatic rings. The summed E-state index contributed by atoms with van der Waals surface area (Å²) in [5, 5.41) is 18.9. The second-order valence-corrected chi connectivity index (χ2v) is 8.03. The average Bonchev–Trinajstić information content (AvgIpc) is 3.49. The Hall–Kier alpha value is -4.06. The lowest BCUT2D eigenvalue weighted by molar-refractivity contribution is -0.120. The Morgan fingerprint density at radius 2 is 2.00 bits per heavy atom. The first-order valence-corrected chi connectivity index (χ1v) is 10.4. The average molecular weight is 429 g/mol. The summed E-state index contributed by atoms with van der Waals surface area (Å²) in [6.45, 7) is 4.56. The van der Waals surface area contributed by atoms with Crippen LogP contribution in [0.5, 0.6) is 0 Å². The van der Waals surface area contributed by atoms with Gasteiger partial charge in [0, 0.05) is 12.7 Å². The minimum atomic E-state index is -0.552. The molecule has 8 nitrogen and oxygen atoms in total. The van der Waals surface area contributed by atoms with Crippen LogP contribution in [0.4, 0.5) is 10.1 Å². The standard InChI is InChI=1S/C23H20FN7O/c1-14(2)21-20(13-27-30(21)16-7-5-15(24)6-8-16)29-11-9-19(23(29)32)31-22-17(4-3-10-26-22)18(12-25)28-31/h3-8,10,13-14,19H,9,11H2,1-2H3. The summed E-state index contributed by atoms with van der Waals surface area (Å²) >= 11 is 0. The zero-order valence-corrected chi connectivity index (χ0v) is 17.6. The Morgan fingerprint density at radius 1 is 1.22 bits per heavy atom. The van der Waals surface area contributed by atoms with Crippen LogP contribution in [-0.4, -0.2) is 37.0 Å². The van der Waals surface area contributed by atoms with E-state index >= 15 is 0 Å². The van der Waals surface area contributed by atoms with Gasteiger partial charge in [0.1, 0.15) is 17.9 Å². The van der Waals surface area contributed by atoms with E-state index in [0.717, 1.165) is 17.1 Å². The zero-order chi connectivity index (χ0) is 22.4. The molecule has 1 amide bonds. The van der Waals surface area contributed by atoms with Gasteiger partial charge >= 0.3 is 0 Å². The highest BCUT2D eigenvalue weighted by atomic mass is 19.1. The molecule has 5 rings (SSSR count). The van der Waals surface area contributed by atoms with Crippen molar-refractivity contribution in [3.63, 3.8) is 0 Å². The van der Waals surface area contributed by atoms with Crippen LogP contribution >= 0.6 is 0 Å². The predicted octanol–water partition coefficient (Wildman–Crippen LogP) is 3.73. The quantitative estimate of drug-likeness (QED) is 0.493. The highest BCUT2D eigenvalue weighted by molar-refractivity contribution is 5.99. The van der Waals surface area contributed by atoms with Crippen molar-refractivity contribution in [2.24, 2.45) is 0 Å². The Morgan fingerprint density at radius 3 is 2.72 bits per heavy atom. The molecule has 0 radical (unpaired) electrons. The van der Waals surface area contributed by atoms with Crippen LogP contribution in [0.15, 0.2) is 48.8 Å². The van der Waals surface area contributed by atoms with E-state index in [1.807, 2.05) is 13.8 Å². The number of nitriles is 1. The van der Waals surface area contributed by atoms with E-state index in [9.17, 15) is 14.4 Å². The molecule has 1 saturated heterocycles. The van der Waals surface area contributed by atoms with E-state index in [1.54, 1.807) is 50.9 Å². The van der Waals surface area contributed by atoms with Gasteiger partial charge in [-0.1, -0.05) is 13.8 Å². The van der Waals surface area contributed by atoms with E-state index in [0.29, 0.717) is 24.0 Å². The molecule has 1 aromatic carbocycles. The number of hydrogen-bond donors (Lipinski definition) is 0. The van der Waals surface area contributed by atoms with Gasteiger partial charge in [0.25, 0.3) is 5.91 Å². The summed E-state index contributed by atoms with van der Waals surface area (Å²) in [6, 6.07) is 11.2. The van der Waals surface area contributed by atoms with Gasteiger partial charge in [-0.15, -0.1) is 0 Å². The first-order valence-electron chi connectivity index (χ1n) is 10.4. The summed E-state index contributed by atoms with van der Waals surface area (Å²) in [7, 11) is 0. The molecular weight excluding hydrogens is 409 g/mol. The van der Waals surface area contributed by atoms with Gasteiger partial charge in [0.15, 0.2) is 11.3 Å². The van der Waals surface area contributed by atoms with Crippen molar-refractivity contribution in [3.8, 4) is 11.8 Å². The molecule has 0 N–H and O–H groups in total. The maximum atomic E-state index is 13.5. The molecule has 0 aliphatic carbocycles. The number of halogens is 1. The van der Waals surface area contributed by atoms with E-state index < -0.39 is 6.04 Å². The van der Waals surface area contributed by atoms with Crippen LogP contribution in [0.3, 0.4) is 0 Å². The topological polar surface area (TPSA) is 92.6 Å². The fourth-order valence-electron chi connectivity index (χ4n) is 4.29. The Kier molecular flexibility index (Phi) is 4.70. The molecule has 4 heterocycles. The fraction of sp³-hybridized carbons (Fsp3) is 0.261. The van der Waals surface area contributed by atoms with Gasteiger partial charge in [0.2, 0.25) is 0 Å². The number of carbonyl (C=O) groups excluding carboxylic acids is 1. The van der Waals surface area contributed by atoms with Crippen molar-refractivity contribution < 1.29 is 9.18 Å². The first kappa shape index (κ1) is 19.9. The normalized spacial score (nSPS) is 16.3. The number of aromatic nitrogens is 5. The molecule has 4 aromatic rings. The number of nitrogens with zero attached hydrogens (tertiary/aromatic N) is 7. The number of amides is 1. The highest BCUT2D eigenvalue weighted by Crippen LogP contribution is 2.36. The van der Waals surface area contributed by atoms with Gasteiger partial charge < -0.3 is 4.90 Å². The van der Waals surface area contributed by atoms with Gasteiger partial charge in [-0.3, -0.25) is 4.79 Å². The minimum Gasteiger partial charge on any atom is -0.307 e. The molecule has 0 bridgehead atoms. The molecule has 9 heteroatoms. The van der Waals surface area contributed by atoms with Gasteiger partial charge in [0.05, 0.1) is 28.7 Å². The monoisotopic (exact) mass is 429 g/mol. The summed E-state index contributed by atoms with van der Waals surface area (Å²) < 4.78 is 16.7. The third-order valence-electron chi connectivity index (χ3n) is 5.74. The van der Waals surface area contributed by atoms with E-state index in [4.69, 9.17) is 0 Å². The number of anilines is 1. The number of hydrogen-bond acceptors (Lipinski definition) is 5. The van der Waals surface area contributed by atoms with Crippen LogP contribution in [0.2, 0.25) is 0 Å². The molecule has 160 valence electrons. The number of carbonyl (C=O) groups is 1. The Labute approximate surface area is 183 Å². The van der Waals surface area contributed by atoms with Gasteiger partial charge in [-0.05, 0) is 48.7 Å². The summed E-state index contributed by atoms with van der Waals surface area (Å²) in [4.78, 5) is 19.6. The molecule has 0 saturated carbocycles. The van der Waals surface area contributed by atoms with Crippen LogP contribution < -0.4 is 4.90 Å². The highest BCUT2D eigenvalue weighted by Gasteiger charge is 2.38. The van der Waals surface area contributed by atoms with Crippen molar-refractivity contribution in [1.29, 1.82) is 5.26 Å². The molecule has 1 aliphatic heterocycles. The molecule has 3 aromatic heterocycles. The third kappa shape index (κ3) is 3.03. The van der Waals surface area contributed by atoms with E-state index in [2.05, 4.69) is 21.3 Å². The lowest BCUT2D eigenvalue weighted by Crippen LogP contribution is -2.29. The smallest absolute Gasteiger partial charge is 0.252 e. The lowest BCUT2D eigenvalue weighted by atomic mass is 10.1. The molecule has 1 atom stereocenters. The summed E-state index contributed by atoms with van der Waals surface area (Å²) in [6.07, 6.45) is 3.85. The summed E-state index contributed by atoms with van der Waals surface area (Å²) in [5.41, 5.74) is 3.10. The van der Waals surface area contributed by atoms with Crippen LogP contribution in [0, 0.1) is 17.1 Å². The molecule has 32 heavy (non-hydrogen) atoms. The molecular formula is C23H20FN7O. The second-order valence-electron chi connectivity index (χ2n) is 8.03. The number of fused-ring (bicyclic) bond motifs is 1. The van der Waals surface area contributed by atoms with Crippen LogP contribution in [-0.2, 0) is 4.79 Å². The van der Waals surface area contributed by atoms with Crippen molar-refractivity contribution in [2.75, 3.05) is 11.4 Å². The van der Waals surface area contributed by atoms with Crippen LogP contribution in [0.25, 0.3) is 16.7 Å². The van der Waals surface area contributed by atoms with Gasteiger partial charge in [-0.2, -0.15) is 15.5 Å². The number of rotatable bonds is 4. The second kappa shape index (κ2) is 7.57. The predicted molar refractivity (Wildman–Crippen MR) is 116 cm³/mol. The number of pyridine rings is 1. The van der Waals surface area contributed by atoms with E-state index in [1.165, 1.54) is 12.1 Å². The maximum Gasteiger partial charge on any atom is 0.252 e. The van der Waals surface area contributed by atoms with Crippen LogP contribution in [0.1, 0.15) is 43.6 Å². The third-order valence-corrected chi connectivity index (χ3v) is 5.74. The summed E-state index contributed by atoms with van der Waals surface area (Å²) in [5.74, 6) is -0.367. The fourth-order valence-corrected chi connectivity index (χ4v) is 4.29.